The molecular weight excluding hydrogens is 342 g/mol. The minimum Gasteiger partial charge on any atom is -0.454 e. The van der Waals surface area contributed by atoms with Gasteiger partial charge < -0.3 is 14.4 Å². The summed E-state index contributed by atoms with van der Waals surface area (Å²) in [5.74, 6) is 1.79. The summed E-state index contributed by atoms with van der Waals surface area (Å²) in [5, 5.41) is 0. The van der Waals surface area contributed by atoms with Crippen LogP contribution in [0.25, 0.3) is 0 Å². The monoisotopic (exact) mass is 367 g/mol. The Morgan fingerprint density at radius 2 is 1.67 bits per heavy atom. The third-order valence-corrected chi connectivity index (χ3v) is 5.18. The second-order valence-corrected chi connectivity index (χ2v) is 7.03. The van der Waals surface area contributed by atoms with Gasteiger partial charge in [0, 0.05) is 45.5 Å². The lowest BCUT2D eigenvalue weighted by atomic mass is 10.1. The van der Waals surface area contributed by atoms with Crippen molar-refractivity contribution in [1.29, 1.82) is 0 Å². The number of likely N-dealkylation sites (N-methyl/N-ethyl adjacent to an activating group) is 1. The highest BCUT2D eigenvalue weighted by Crippen LogP contribution is 2.32. The van der Waals surface area contributed by atoms with Gasteiger partial charge in [-0.15, -0.1) is 0 Å². The van der Waals surface area contributed by atoms with Crippen LogP contribution in [0.4, 0.5) is 5.69 Å². The number of nitrogens with zero attached hydrogens (tertiary/aromatic N) is 3. The van der Waals surface area contributed by atoms with Crippen molar-refractivity contribution in [3.05, 3.63) is 54.1 Å². The molecule has 4 rings (SSSR count). The lowest BCUT2D eigenvalue weighted by Gasteiger charge is -2.35. The highest BCUT2D eigenvalue weighted by molar-refractivity contribution is 5.94. The molecule has 0 atom stereocenters. The first kappa shape index (κ1) is 17.8. The van der Waals surface area contributed by atoms with E-state index in [1.165, 1.54) is 5.56 Å². The van der Waals surface area contributed by atoms with Gasteiger partial charge in [0.05, 0.1) is 6.54 Å². The molecule has 2 aromatic carbocycles. The molecular formula is C21H25N3O3. The SMILES string of the molecule is CN(C(=O)CN1CCN(Cc2ccc3c(c2)OCO3)CC1)c1ccccc1. The second kappa shape index (κ2) is 7.98. The minimum atomic E-state index is 0.130. The molecule has 0 saturated carbocycles. The first-order valence-electron chi connectivity index (χ1n) is 9.34. The van der Waals surface area contributed by atoms with Gasteiger partial charge in [-0.2, -0.15) is 0 Å². The molecule has 6 nitrogen and oxygen atoms in total. The van der Waals surface area contributed by atoms with E-state index < -0.39 is 0 Å². The maximum atomic E-state index is 12.5. The van der Waals surface area contributed by atoms with Gasteiger partial charge in [0.1, 0.15) is 0 Å². The second-order valence-electron chi connectivity index (χ2n) is 7.03. The van der Waals surface area contributed by atoms with Crippen LogP contribution in [0, 0.1) is 0 Å². The topological polar surface area (TPSA) is 45.3 Å². The number of ether oxygens (including phenoxy) is 2. The maximum Gasteiger partial charge on any atom is 0.240 e. The maximum absolute atomic E-state index is 12.5. The predicted molar refractivity (Wildman–Crippen MR) is 104 cm³/mol. The summed E-state index contributed by atoms with van der Waals surface area (Å²) in [6, 6.07) is 15.9. The van der Waals surface area contributed by atoms with E-state index in [-0.39, 0.29) is 5.91 Å². The molecule has 0 radical (unpaired) electrons. The van der Waals surface area contributed by atoms with E-state index in [9.17, 15) is 4.79 Å². The van der Waals surface area contributed by atoms with Crippen LogP contribution in [0.1, 0.15) is 5.56 Å². The Morgan fingerprint density at radius 1 is 0.963 bits per heavy atom. The first-order valence-corrected chi connectivity index (χ1v) is 9.34. The van der Waals surface area contributed by atoms with Crippen LogP contribution in [0.2, 0.25) is 0 Å². The van der Waals surface area contributed by atoms with Crippen LogP contribution < -0.4 is 14.4 Å². The Hall–Kier alpha value is -2.57. The fourth-order valence-corrected chi connectivity index (χ4v) is 3.50. The van der Waals surface area contributed by atoms with Crippen molar-refractivity contribution in [3.63, 3.8) is 0 Å². The van der Waals surface area contributed by atoms with Crippen molar-refractivity contribution in [3.8, 4) is 11.5 Å². The van der Waals surface area contributed by atoms with Crippen molar-refractivity contribution < 1.29 is 14.3 Å². The van der Waals surface area contributed by atoms with Crippen molar-refractivity contribution in [1.82, 2.24) is 9.80 Å². The minimum absolute atomic E-state index is 0.130. The van der Waals surface area contributed by atoms with Gasteiger partial charge in [-0.3, -0.25) is 14.6 Å². The smallest absolute Gasteiger partial charge is 0.240 e. The summed E-state index contributed by atoms with van der Waals surface area (Å²) >= 11 is 0. The van der Waals surface area contributed by atoms with Gasteiger partial charge in [0.2, 0.25) is 12.7 Å². The molecule has 0 unspecified atom stereocenters. The lowest BCUT2D eigenvalue weighted by Crippen LogP contribution is -2.49. The average molecular weight is 367 g/mol. The number of hydrogen-bond donors (Lipinski definition) is 0. The van der Waals surface area contributed by atoms with Crippen LogP contribution in [0.15, 0.2) is 48.5 Å². The molecule has 1 saturated heterocycles. The van der Waals surface area contributed by atoms with Gasteiger partial charge in [0.25, 0.3) is 0 Å². The summed E-state index contributed by atoms with van der Waals surface area (Å²) in [4.78, 5) is 18.9. The van der Waals surface area contributed by atoms with Crippen molar-refractivity contribution in [2.75, 3.05) is 51.5 Å². The van der Waals surface area contributed by atoms with Crippen molar-refractivity contribution >= 4 is 11.6 Å². The molecule has 0 aliphatic carbocycles. The number of hydrogen-bond acceptors (Lipinski definition) is 5. The number of benzene rings is 2. The molecule has 27 heavy (non-hydrogen) atoms. The fourth-order valence-electron chi connectivity index (χ4n) is 3.50. The molecule has 6 heteroatoms. The molecule has 1 fully saturated rings. The number of carbonyl (C=O) groups is 1. The third-order valence-electron chi connectivity index (χ3n) is 5.18. The molecule has 1 amide bonds. The molecule has 2 heterocycles. The Labute approximate surface area is 159 Å². The fraction of sp³-hybridized carbons (Fsp3) is 0.381. The molecule has 0 bridgehead atoms. The molecule has 2 aromatic rings. The van der Waals surface area contributed by atoms with Crippen LogP contribution >= 0.6 is 0 Å². The van der Waals surface area contributed by atoms with Gasteiger partial charge in [-0.25, -0.2) is 0 Å². The van der Waals surface area contributed by atoms with Crippen molar-refractivity contribution in [2.24, 2.45) is 0 Å². The molecule has 142 valence electrons. The standard InChI is InChI=1S/C21H25N3O3/c1-22(18-5-3-2-4-6-18)21(25)15-24-11-9-23(10-12-24)14-17-7-8-19-20(13-17)27-16-26-19/h2-8,13H,9-12,14-16H2,1H3. The highest BCUT2D eigenvalue weighted by atomic mass is 16.7. The first-order chi connectivity index (χ1) is 13.2. The number of rotatable bonds is 5. The number of anilines is 1. The van der Waals surface area contributed by atoms with E-state index in [0.717, 1.165) is 49.9 Å². The predicted octanol–water partition coefficient (Wildman–Crippen LogP) is 2.20. The van der Waals surface area contributed by atoms with E-state index in [2.05, 4.69) is 21.9 Å². The summed E-state index contributed by atoms with van der Waals surface area (Å²) in [6.07, 6.45) is 0. The third kappa shape index (κ3) is 4.23. The summed E-state index contributed by atoms with van der Waals surface area (Å²) in [7, 11) is 1.84. The Balaban J connectivity index is 1.26. The summed E-state index contributed by atoms with van der Waals surface area (Å²) in [5.41, 5.74) is 2.16. The summed E-state index contributed by atoms with van der Waals surface area (Å²) < 4.78 is 10.8. The quantitative estimate of drug-likeness (QED) is 0.811. The number of carbonyl (C=O) groups excluding carboxylic acids is 1. The largest absolute Gasteiger partial charge is 0.454 e. The van der Waals surface area contributed by atoms with E-state index in [1.807, 2.05) is 43.4 Å². The number of piperazine rings is 1. The lowest BCUT2D eigenvalue weighted by molar-refractivity contribution is -0.119. The van der Waals surface area contributed by atoms with Gasteiger partial charge >= 0.3 is 0 Å². The van der Waals surface area contributed by atoms with E-state index in [1.54, 1.807) is 4.90 Å². The Kier molecular flexibility index (Phi) is 5.27. The summed E-state index contributed by atoms with van der Waals surface area (Å²) in [6.45, 7) is 5.37. The van der Waals surface area contributed by atoms with Crippen LogP contribution in [0.3, 0.4) is 0 Å². The van der Waals surface area contributed by atoms with E-state index in [4.69, 9.17) is 9.47 Å². The van der Waals surface area contributed by atoms with Gasteiger partial charge in [-0.05, 0) is 29.8 Å². The zero-order valence-electron chi connectivity index (χ0n) is 15.6. The molecule has 2 aliphatic rings. The molecule has 2 aliphatic heterocycles. The number of para-hydroxylation sites is 1. The van der Waals surface area contributed by atoms with Crippen LogP contribution in [0.5, 0.6) is 11.5 Å². The number of amides is 1. The normalized spacial score (nSPS) is 17.1. The Morgan fingerprint density at radius 3 is 2.44 bits per heavy atom. The molecule has 0 spiro atoms. The van der Waals surface area contributed by atoms with Gasteiger partial charge in [-0.1, -0.05) is 24.3 Å². The molecule has 0 N–H and O–H groups in total. The van der Waals surface area contributed by atoms with Gasteiger partial charge in [0.15, 0.2) is 11.5 Å². The highest BCUT2D eigenvalue weighted by Gasteiger charge is 2.22. The van der Waals surface area contributed by atoms with E-state index >= 15 is 0 Å². The van der Waals surface area contributed by atoms with Crippen LogP contribution in [-0.2, 0) is 11.3 Å². The van der Waals surface area contributed by atoms with Crippen molar-refractivity contribution in [2.45, 2.75) is 6.54 Å². The van der Waals surface area contributed by atoms with Crippen LogP contribution in [-0.4, -0.2) is 62.3 Å². The average Bonchev–Trinajstić information content (AvgIpc) is 3.17. The zero-order chi connectivity index (χ0) is 18.6. The Bertz CT molecular complexity index is 789. The number of fused-ring (bicyclic) bond motifs is 1. The van der Waals surface area contributed by atoms with E-state index in [0.29, 0.717) is 13.3 Å². The zero-order valence-corrected chi connectivity index (χ0v) is 15.6. The molecule has 0 aromatic heterocycles.